The van der Waals surface area contributed by atoms with Crippen LogP contribution in [-0.2, 0) is 20.9 Å². The zero-order chi connectivity index (χ0) is 22.4. The van der Waals surface area contributed by atoms with E-state index in [2.05, 4.69) is 36.1 Å². The summed E-state index contributed by atoms with van der Waals surface area (Å²) in [6, 6.07) is 9.68. The van der Waals surface area contributed by atoms with Crippen LogP contribution in [0.15, 0.2) is 24.3 Å². The van der Waals surface area contributed by atoms with Crippen molar-refractivity contribution >= 4 is 11.8 Å². The van der Waals surface area contributed by atoms with Crippen LogP contribution in [0.2, 0.25) is 0 Å². The third kappa shape index (κ3) is 4.44. The van der Waals surface area contributed by atoms with Crippen LogP contribution in [0.3, 0.4) is 0 Å². The Hall–Kier alpha value is -1.92. The molecule has 4 aliphatic rings. The molecule has 1 aromatic rings. The summed E-state index contributed by atoms with van der Waals surface area (Å²) in [6.07, 6.45) is 5.42. The van der Waals surface area contributed by atoms with E-state index in [9.17, 15) is 9.59 Å². The van der Waals surface area contributed by atoms with Crippen LogP contribution < -0.4 is 0 Å². The van der Waals surface area contributed by atoms with Crippen LogP contribution in [0.4, 0.5) is 0 Å². The van der Waals surface area contributed by atoms with Gasteiger partial charge in [0.25, 0.3) is 0 Å². The standard InChI is InChI=1S/C26H37N3O3/c1-17-6-4-5-7-18(17)14-29-15-19(12-24(30)27(2)20-8-9-20)26-22(29)16-32-23(26)13-25(31)28(3)21-10-11-21/h4-7,19-23,26H,8-16H2,1-3H3/t19-,22-,23+,26-/m1/s1. The molecule has 0 aromatic heterocycles. The lowest BCUT2D eigenvalue weighted by Crippen LogP contribution is -2.37. The van der Waals surface area contributed by atoms with Crippen molar-refractivity contribution in [2.75, 3.05) is 27.2 Å². The van der Waals surface area contributed by atoms with Gasteiger partial charge in [0.1, 0.15) is 0 Å². The fourth-order valence-corrected chi connectivity index (χ4v) is 5.82. The molecule has 1 aromatic carbocycles. The second kappa shape index (κ2) is 8.79. The summed E-state index contributed by atoms with van der Waals surface area (Å²) >= 11 is 0. The van der Waals surface area contributed by atoms with E-state index in [0.29, 0.717) is 31.5 Å². The molecule has 0 unspecified atom stereocenters. The third-order valence-electron chi connectivity index (χ3n) is 8.26. The number of rotatable bonds is 8. The first kappa shape index (κ1) is 21.9. The van der Waals surface area contributed by atoms with Crippen LogP contribution in [-0.4, -0.2) is 78.0 Å². The van der Waals surface area contributed by atoms with Gasteiger partial charge in [0, 0.05) is 57.6 Å². The molecule has 6 nitrogen and oxygen atoms in total. The zero-order valence-corrected chi connectivity index (χ0v) is 19.7. The second-order valence-corrected chi connectivity index (χ2v) is 10.5. The summed E-state index contributed by atoms with van der Waals surface area (Å²) in [5.74, 6) is 0.924. The number of nitrogens with zero attached hydrogens (tertiary/aromatic N) is 3. The molecule has 6 heteroatoms. The summed E-state index contributed by atoms with van der Waals surface area (Å²) < 4.78 is 6.26. The molecule has 0 spiro atoms. The lowest BCUT2D eigenvalue weighted by atomic mass is 9.84. The van der Waals surface area contributed by atoms with Crippen LogP contribution >= 0.6 is 0 Å². The number of carbonyl (C=O) groups is 2. The largest absolute Gasteiger partial charge is 0.376 e. The third-order valence-corrected chi connectivity index (χ3v) is 8.26. The topological polar surface area (TPSA) is 53.1 Å². The lowest BCUT2D eigenvalue weighted by Gasteiger charge is -2.26. The van der Waals surface area contributed by atoms with Crippen LogP contribution in [0.5, 0.6) is 0 Å². The summed E-state index contributed by atoms with van der Waals surface area (Å²) in [7, 11) is 3.88. The van der Waals surface area contributed by atoms with Gasteiger partial charge in [-0.2, -0.15) is 0 Å². The van der Waals surface area contributed by atoms with Crippen molar-refractivity contribution in [1.82, 2.24) is 14.7 Å². The molecule has 2 aliphatic heterocycles. The van der Waals surface area contributed by atoms with Gasteiger partial charge in [-0.25, -0.2) is 0 Å². The molecule has 4 atom stereocenters. The molecule has 0 bridgehead atoms. The number of hydrogen-bond donors (Lipinski definition) is 0. The molecule has 4 fully saturated rings. The molecule has 32 heavy (non-hydrogen) atoms. The average Bonchev–Trinajstić information content (AvgIpc) is 3.70. The van der Waals surface area contributed by atoms with Crippen molar-refractivity contribution in [2.24, 2.45) is 11.8 Å². The van der Waals surface area contributed by atoms with Gasteiger partial charge < -0.3 is 14.5 Å². The van der Waals surface area contributed by atoms with E-state index in [0.717, 1.165) is 38.8 Å². The maximum absolute atomic E-state index is 13.0. The highest BCUT2D eigenvalue weighted by atomic mass is 16.5. The number of ether oxygens (including phenoxy) is 1. The molecule has 0 radical (unpaired) electrons. The highest BCUT2D eigenvalue weighted by Gasteiger charge is 2.52. The molecule has 2 aliphatic carbocycles. The van der Waals surface area contributed by atoms with E-state index in [1.165, 1.54) is 11.1 Å². The smallest absolute Gasteiger partial charge is 0.225 e. The van der Waals surface area contributed by atoms with Crippen LogP contribution in [0.25, 0.3) is 0 Å². The van der Waals surface area contributed by atoms with Crippen molar-refractivity contribution in [3.8, 4) is 0 Å². The van der Waals surface area contributed by atoms with Gasteiger partial charge in [-0.15, -0.1) is 0 Å². The Bertz CT molecular complexity index is 866. The highest BCUT2D eigenvalue weighted by Crippen LogP contribution is 2.43. The summed E-state index contributed by atoms with van der Waals surface area (Å²) in [6.45, 7) is 4.60. The number of amides is 2. The maximum Gasteiger partial charge on any atom is 0.225 e. The van der Waals surface area contributed by atoms with E-state index in [4.69, 9.17) is 4.74 Å². The minimum Gasteiger partial charge on any atom is -0.376 e. The Labute approximate surface area is 191 Å². The molecular formula is C26H37N3O3. The van der Waals surface area contributed by atoms with E-state index >= 15 is 0 Å². The summed E-state index contributed by atoms with van der Waals surface area (Å²) in [5, 5.41) is 0. The van der Waals surface area contributed by atoms with E-state index in [1.807, 2.05) is 23.9 Å². The zero-order valence-electron chi connectivity index (χ0n) is 19.7. The van der Waals surface area contributed by atoms with Crippen molar-refractivity contribution in [3.05, 3.63) is 35.4 Å². The fourth-order valence-electron chi connectivity index (χ4n) is 5.82. The Morgan fingerprint density at radius 1 is 1.00 bits per heavy atom. The minimum atomic E-state index is -0.0837. The fraction of sp³-hybridized carbons (Fsp3) is 0.692. The SMILES string of the molecule is Cc1ccccc1CN1C[C@@H](CC(=O)N(C)C2CC2)[C@H]2[C@H](CC(=O)N(C)C3CC3)OC[C@H]21. The molecule has 2 amide bonds. The molecule has 174 valence electrons. The first-order chi connectivity index (χ1) is 15.4. The molecule has 2 saturated carbocycles. The van der Waals surface area contributed by atoms with Gasteiger partial charge in [0.15, 0.2) is 0 Å². The number of fused-ring (bicyclic) bond motifs is 1. The average molecular weight is 440 g/mol. The molecule has 0 N–H and O–H groups in total. The van der Waals surface area contributed by atoms with Crippen LogP contribution in [0, 0.1) is 18.8 Å². The number of aryl methyl sites for hydroxylation is 1. The lowest BCUT2D eigenvalue weighted by molar-refractivity contribution is -0.133. The number of benzene rings is 1. The Kier molecular flexibility index (Phi) is 6.01. The molecular weight excluding hydrogens is 402 g/mol. The monoisotopic (exact) mass is 439 g/mol. The van der Waals surface area contributed by atoms with Crippen molar-refractivity contribution in [3.63, 3.8) is 0 Å². The molecule has 5 rings (SSSR count). The Morgan fingerprint density at radius 3 is 2.25 bits per heavy atom. The number of likely N-dealkylation sites (tertiary alicyclic amines) is 1. The van der Waals surface area contributed by atoms with E-state index < -0.39 is 0 Å². The van der Waals surface area contributed by atoms with Gasteiger partial charge in [0.05, 0.1) is 19.1 Å². The van der Waals surface area contributed by atoms with Gasteiger partial charge in [-0.1, -0.05) is 24.3 Å². The number of carbonyl (C=O) groups excluding carboxylic acids is 2. The van der Waals surface area contributed by atoms with Gasteiger partial charge in [-0.3, -0.25) is 14.5 Å². The second-order valence-electron chi connectivity index (χ2n) is 10.5. The highest BCUT2D eigenvalue weighted by molar-refractivity contribution is 5.78. The van der Waals surface area contributed by atoms with Crippen molar-refractivity contribution < 1.29 is 14.3 Å². The van der Waals surface area contributed by atoms with Crippen molar-refractivity contribution in [1.29, 1.82) is 0 Å². The number of hydrogen-bond acceptors (Lipinski definition) is 4. The van der Waals surface area contributed by atoms with Gasteiger partial charge in [-0.05, 0) is 49.7 Å². The van der Waals surface area contributed by atoms with E-state index in [-0.39, 0.29) is 35.8 Å². The molecule has 2 saturated heterocycles. The first-order valence-corrected chi connectivity index (χ1v) is 12.3. The minimum absolute atomic E-state index is 0.0837. The normalized spacial score (nSPS) is 29.7. The predicted octanol–water partition coefficient (Wildman–Crippen LogP) is 2.83. The maximum atomic E-state index is 13.0. The predicted molar refractivity (Wildman–Crippen MR) is 123 cm³/mol. The summed E-state index contributed by atoms with van der Waals surface area (Å²) in [5.41, 5.74) is 2.63. The van der Waals surface area contributed by atoms with Gasteiger partial charge in [0.2, 0.25) is 11.8 Å². The first-order valence-electron chi connectivity index (χ1n) is 12.3. The van der Waals surface area contributed by atoms with E-state index in [1.54, 1.807) is 0 Å². The summed E-state index contributed by atoms with van der Waals surface area (Å²) in [4.78, 5) is 32.3. The van der Waals surface area contributed by atoms with Gasteiger partial charge >= 0.3 is 0 Å². The Balaban J connectivity index is 1.32. The van der Waals surface area contributed by atoms with Crippen molar-refractivity contribution in [2.45, 2.75) is 76.2 Å². The quantitative estimate of drug-likeness (QED) is 0.625. The van der Waals surface area contributed by atoms with Crippen LogP contribution in [0.1, 0.15) is 49.7 Å². The Morgan fingerprint density at radius 2 is 1.62 bits per heavy atom. The molecule has 2 heterocycles.